The van der Waals surface area contributed by atoms with Gasteiger partial charge in [0.05, 0.1) is 17.7 Å². The Kier molecular flexibility index (Phi) is 6.76. The Balaban J connectivity index is 1.33. The summed E-state index contributed by atoms with van der Waals surface area (Å²) in [6, 6.07) is 19.9. The Bertz CT molecular complexity index is 1110. The minimum absolute atomic E-state index is 0.201. The third-order valence-corrected chi connectivity index (χ3v) is 5.71. The zero-order chi connectivity index (χ0) is 22.5. The molecule has 1 amide bonds. The number of ether oxygens (including phenoxy) is 1. The van der Waals surface area contributed by atoms with E-state index in [1.54, 1.807) is 42.5 Å². The van der Waals surface area contributed by atoms with Gasteiger partial charge in [-0.15, -0.1) is 0 Å². The molecule has 0 spiro atoms. The first-order valence-electron chi connectivity index (χ1n) is 10.6. The van der Waals surface area contributed by atoms with Crippen LogP contribution in [0.5, 0.6) is 5.75 Å². The van der Waals surface area contributed by atoms with Crippen molar-refractivity contribution >= 4 is 23.5 Å². The molecule has 4 rings (SSSR count). The summed E-state index contributed by atoms with van der Waals surface area (Å²) in [6.45, 7) is 1.12. The molecule has 3 aromatic rings. The highest BCUT2D eigenvalue weighted by Crippen LogP contribution is 2.31. The SMILES string of the molecule is O=C(O)c1ccc(-c2ccc(CCNC(=O)c3cc(Cl)ccc3OCC3CC3)cc2)cc1. The quantitative estimate of drug-likeness (QED) is 0.454. The number of carboxylic acid groups (broad SMARTS) is 1. The highest BCUT2D eigenvalue weighted by molar-refractivity contribution is 6.31. The van der Waals surface area contributed by atoms with Crippen molar-refractivity contribution in [3.05, 3.63) is 88.4 Å². The Morgan fingerprint density at radius 3 is 2.25 bits per heavy atom. The summed E-state index contributed by atoms with van der Waals surface area (Å²) in [7, 11) is 0. The summed E-state index contributed by atoms with van der Waals surface area (Å²) < 4.78 is 5.83. The fraction of sp³-hybridized carbons (Fsp3) is 0.231. The van der Waals surface area contributed by atoms with Crippen molar-refractivity contribution in [2.24, 2.45) is 5.92 Å². The average molecular weight is 450 g/mol. The number of halogens is 1. The van der Waals surface area contributed by atoms with E-state index in [1.165, 1.54) is 12.8 Å². The second-order valence-electron chi connectivity index (χ2n) is 7.98. The summed E-state index contributed by atoms with van der Waals surface area (Å²) in [5.41, 5.74) is 3.77. The topological polar surface area (TPSA) is 75.6 Å². The fourth-order valence-electron chi connectivity index (χ4n) is 3.38. The molecule has 2 N–H and O–H groups in total. The highest BCUT2D eigenvalue weighted by Gasteiger charge is 2.23. The van der Waals surface area contributed by atoms with Crippen molar-refractivity contribution < 1.29 is 19.4 Å². The van der Waals surface area contributed by atoms with Crippen LogP contribution in [0.15, 0.2) is 66.7 Å². The molecule has 164 valence electrons. The molecule has 0 atom stereocenters. The van der Waals surface area contributed by atoms with E-state index in [0.717, 1.165) is 16.7 Å². The number of carbonyl (C=O) groups excluding carboxylic acids is 1. The van der Waals surface area contributed by atoms with E-state index in [4.69, 9.17) is 21.4 Å². The minimum atomic E-state index is -0.937. The van der Waals surface area contributed by atoms with Crippen LogP contribution in [0.25, 0.3) is 11.1 Å². The maximum absolute atomic E-state index is 12.7. The van der Waals surface area contributed by atoms with E-state index in [2.05, 4.69) is 5.32 Å². The Morgan fingerprint density at radius 1 is 0.969 bits per heavy atom. The lowest BCUT2D eigenvalue weighted by atomic mass is 10.0. The van der Waals surface area contributed by atoms with Crippen LogP contribution in [0.3, 0.4) is 0 Å². The van der Waals surface area contributed by atoms with Gasteiger partial charge in [-0.05, 0) is 72.2 Å². The maximum Gasteiger partial charge on any atom is 0.335 e. The van der Waals surface area contributed by atoms with E-state index in [-0.39, 0.29) is 11.5 Å². The van der Waals surface area contributed by atoms with Gasteiger partial charge in [-0.3, -0.25) is 4.79 Å². The first-order valence-corrected chi connectivity index (χ1v) is 11.0. The molecule has 5 nitrogen and oxygen atoms in total. The number of carbonyl (C=O) groups is 2. The van der Waals surface area contributed by atoms with Gasteiger partial charge in [0.2, 0.25) is 0 Å². The van der Waals surface area contributed by atoms with Crippen LogP contribution >= 0.6 is 11.6 Å². The van der Waals surface area contributed by atoms with E-state index in [9.17, 15) is 9.59 Å². The lowest BCUT2D eigenvalue weighted by Gasteiger charge is -2.12. The van der Waals surface area contributed by atoms with Gasteiger partial charge in [-0.2, -0.15) is 0 Å². The molecule has 32 heavy (non-hydrogen) atoms. The number of amides is 1. The van der Waals surface area contributed by atoms with Gasteiger partial charge >= 0.3 is 5.97 Å². The number of aromatic carboxylic acids is 1. The lowest BCUT2D eigenvalue weighted by Crippen LogP contribution is -2.26. The lowest BCUT2D eigenvalue weighted by molar-refractivity contribution is 0.0696. The van der Waals surface area contributed by atoms with Gasteiger partial charge in [-0.1, -0.05) is 48.0 Å². The Hall–Kier alpha value is -3.31. The molecule has 1 aliphatic rings. The van der Waals surface area contributed by atoms with E-state index >= 15 is 0 Å². The maximum atomic E-state index is 12.7. The van der Waals surface area contributed by atoms with Crippen LogP contribution in [-0.2, 0) is 6.42 Å². The van der Waals surface area contributed by atoms with Crippen LogP contribution in [0.4, 0.5) is 0 Å². The van der Waals surface area contributed by atoms with Crippen LogP contribution in [0.2, 0.25) is 5.02 Å². The zero-order valence-corrected chi connectivity index (χ0v) is 18.3. The number of nitrogens with one attached hydrogen (secondary N) is 1. The third-order valence-electron chi connectivity index (χ3n) is 5.48. The largest absolute Gasteiger partial charge is 0.492 e. The van der Waals surface area contributed by atoms with Gasteiger partial charge in [0.1, 0.15) is 5.75 Å². The molecular formula is C26H24ClNO4. The van der Waals surface area contributed by atoms with Crippen molar-refractivity contribution in [3.8, 4) is 16.9 Å². The van der Waals surface area contributed by atoms with Crippen molar-refractivity contribution in [3.63, 3.8) is 0 Å². The molecule has 1 fully saturated rings. The van der Waals surface area contributed by atoms with Crippen molar-refractivity contribution in [1.82, 2.24) is 5.32 Å². The molecule has 1 aliphatic carbocycles. The van der Waals surface area contributed by atoms with Crippen LogP contribution in [0.1, 0.15) is 39.1 Å². The number of benzene rings is 3. The molecule has 0 bridgehead atoms. The minimum Gasteiger partial charge on any atom is -0.492 e. The van der Waals surface area contributed by atoms with Gasteiger partial charge in [0.25, 0.3) is 5.91 Å². The van der Waals surface area contributed by atoms with E-state index in [1.807, 2.05) is 24.3 Å². The van der Waals surface area contributed by atoms with Crippen molar-refractivity contribution in [2.45, 2.75) is 19.3 Å². The standard InChI is InChI=1S/C26H24ClNO4/c27-22-11-12-24(32-16-18-1-2-18)23(15-22)25(29)28-14-13-17-3-5-19(6-4-17)20-7-9-21(10-8-20)26(30)31/h3-12,15,18H,1-2,13-14,16H2,(H,28,29)(H,30,31). The van der Waals surface area contributed by atoms with Crippen LogP contribution in [-0.4, -0.2) is 30.1 Å². The van der Waals surface area contributed by atoms with Crippen LogP contribution in [0, 0.1) is 5.92 Å². The molecule has 0 aromatic heterocycles. The monoisotopic (exact) mass is 449 g/mol. The van der Waals surface area contributed by atoms with Gasteiger partial charge in [0, 0.05) is 11.6 Å². The molecule has 1 saturated carbocycles. The average Bonchev–Trinajstić information content (AvgIpc) is 3.63. The van der Waals surface area contributed by atoms with Crippen LogP contribution < -0.4 is 10.1 Å². The second-order valence-corrected chi connectivity index (χ2v) is 8.42. The number of rotatable bonds is 9. The summed E-state index contributed by atoms with van der Waals surface area (Å²) in [4.78, 5) is 23.7. The molecule has 0 heterocycles. The predicted octanol–water partition coefficient (Wildman–Crippen LogP) is 5.47. The predicted molar refractivity (Wildman–Crippen MR) is 125 cm³/mol. The summed E-state index contributed by atoms with van der Waals surface area (Å²) in [5, 5.41) is 12.5. The first-order chi connectivity index (χ1) is 15.5. The second kappa shape index (κ2) is 9.88. The van der Waals surface area contributed by atoms with E-state index < -0.39 is 5.97 Å². The fourth-order valence-corrected chi connectivity index (χ4v) is 3.55. The van der Waals surface area contributed by atoms with Gasteiger partial charge in [-0.25, -0.2) is 4.79 Å². The Labute approximate surface area is 192 Å². The first kappa shape index (κ1) is 21.9. The van der Waals surface area contributed by atoms with Gasteiger partial charge < -0.3 is 15.2 Å². The molecule has 6 heteroatoms. The summed E-state index contributed by atoms with van der Waals surface area (Å²) in [6.07, 6.45) is 3.05. The zero-order valence-electron chi connectivity index (χ0n) is 17.5. The van der Waals surface area contributed by atoms with E-state index in [0.29, 0.717) is 41.8 Å². The molecule has 3 aromatic carbocycles. The molecule has 0 radical (unpaired) electrons. The highest BCUT2D eigenvalue weighted by atomic mass is 35.5. The summed E-state index contributed by atoms with van der Waals surface area (Å²) in [5.74, 6) is 0.0264. The number of hydrogen-bond donors (Lipinski definition) is 2. The van der Waals surface area contributed by atoms with Crippen molar-refractivity contribution in [2.75, 3.05) is 13.2 Å². The molecule has 0 unspecified atom stereocenters. The van der Waals surface area contributed by atoms with Crippen molar-refractivity contribution in [1.29, 1.82) is 0 Å². The Morgan fingerprint density at radius 2 is 1.62 bits per heavy atom. The molecular weight excluding hydrogens is 426 g/mol. The third kappa shape index (κ3) is 5.68. The summed E-state index contributed by atoms with van der Waals surface area (Å²) >= 11 is 6.09. The number of hydrogen-bond acceptors (Lipinski definition) is 3. The normalized spacial score (nSPS) is 12.9. The molecule has 0 saturated heterocycles. The smallest absolute Gasteiger partial charge is 0.335 e. The van der Waals surface area contributed by atoms with Gasteiger partial charge in [0.15, 0.2) is 0 Å². The molecule has 0 aliphatic heterocycles. The number of carboxylic acids is 1.